The van der Waals surface area contributed by atoms with Gasteiger partial charge < -0.3 is 20.5 Å². The van der Waals surface area contributed by atoms with Crippen molar-refractivity contribution in [1.82, 2.24) is 4.90 Å². The Balaban J connectivity index is 2.75. The second-order valence-corrected chi connectivity index (χ2v) is 5.01. The molecule has 0 bridgehead atoms. The van der Waals surface area contributed by atoms with Gasteiger partial charge in [-0.25, -0.2) is 0 Å². The summed E-state index contributed by atoms with van der Waals surface area (Å²) in [7, 11) is 0. The number of carboxylic acids is 1. The Hall–Kier alpha value is -1.14. The zero-order valence-electron chi connectivity index (χ0n) is 11.7. The van der Waals surface area contributed by atoms with Crippen LogP contribution in [0.15, 0.2) is 0 Å². The minimum Gasteiger partial charge on any atom is -0.481 e. The lowest BCUT2D eigenvalue weighted by atomic mass is 10.0. The third kappa shape index (κ3) is 4.18. The molecule has 6 heteroatoms. The summed E-state index contributed by atoms with van der Waals surface area (Å²) in [4.78, 5) is 25.1. The Bertz CT molecular complexity index is 322. The zero-order chi connectivity index (χ0) is 14.4. The highest BCUT2D eigenvalue weighted by Crippen LogP contribution is 2.21. The molecule has 1 fully saturated rings. The summed E-state index contributed by atoms with van der Waals surface area (Å²) < 4.78 is 5.23. The molecule has 3 N–H and O–H groups in total. The monoisotopic (exact) mass is 272 g/mol. The summed E-state index contributed by atoms with van der Waals surface area (Å²) in [6, 6.07) is -0.536. The zero-order valence-corrected chi connectivity index (χ0v) is 11.7. The van der Waals surface area contributed by atoms with E-state index in [0.29, 0.717) is 13.2 Å². The van der Waals surface area contributed by atoms with E-state index in [-0.39, 0.29) is 31.0 Å². The molecule has 110 valence electrons. The number of aliphatic carboxylic acids is 1. The van der Waals surface area contributed by atoms with Crippen LogP contribution in [0.3, 0.4) is 0 Å². The molecule has 0 aromatic carbocycles. The SMILES string of the molecule is CCCN(C(=O)CC(N)CC)C1COCC1C(=O)O. The van der Waals surface area contributed by atoms with E-state index < -0.39 is 11.9 Å². The van der Waals surface area contributed by atoms with E-state index in [0.717, 1.165) is 12.8 Å². The second-order valence-electron chi connectivity index (χ2n) is 5.01. The lowest BCUT2D eigenvalue weighted by Gasteiger charge is -2.31. The maximum atomic E-state index is 12.3. The molecule has 0 aromatic heterocycles. The maximum absolute atomic E-state index is 12.3. The first-order chi connectivity index (χ1) is 9.01. The number of nitrogens with zero attached hydrogens (tertiary/aromatic N) is 1. The lowest BCUT2D eigenvalue weighted by Crippen LogP contribution is -2.48. The Morgan fingerprint density at radius 3 is 2.63 bits per heavy atom. The van der Waals surface area contributed by atoms with Gasteiger partial charge in [-0.2, -0.15) is 0 Å². The van der Waals surface area contributed by atoms with Crippen molar-refractivity contribution in [2.75, 3.05) is 19.8 Å². The van der Waals surface area contributed by atoms with Crippen LogP contribution in [-0.2, 0) is 14.3 Å². The van der Waals surface area contributed by atoms with Crippen LogP contribution in [0.2, 0.25) is 0 Å². The van der Waals surface area contributed by atoms with Crippen LogP contribution in [0, 0.1) is 5.92 Å². The van der Waals surface area contributed by atoms with Crippen LogP contribution in [0.4, 0.5) is 0 Å². The predicted octanol–water partition coefficient (Wildman–Crippen LogP) is 0.452. The van der Waals surface area contributed by atoms with Gasteiger partial charge in [-0.1, -0.05) is 13.8 Å². The number of rotatable bonds is 7. The van der Waals surface area contributed by atoms with E-state index in [1.807, 2.05) is 13.8 Å². The highest BCUT2D eigenvalue weighted by Gasteiger charge is 2.39. The van der Waals surface area contributed by atoms with Crippen LogP contribution in [0.25, 0.3) is 0 Å². The molecule has 6 nitrogen and oxygen atoms in total. The smallest absolute Gasteiger partial charge is 0.311 e. The number of carboxylic acid groups (broad SMARTS) is 1. The van der Waals surface area contributed by atoms with Crippen molar-refractivity contribution in [1.29, 1.82) is 0 Å². The molecule has 0 spiro atoms. The fourth-order valence-electron chi connectivity index (χ4n) is 2.29. The molecule has 0 radical (unpaired) electrons. The van der Waals surface area contributed by atoms with Gasteiger partial charge in [-0.05, 0) is 12.8 Å². The van der Waals surface area contributed by atoms with Crippen molar-refractivity contribution in [2.24, 2.45) is 11.7 Å². The summed E-state index contributed by atoms with van der Waals surface area (Å²) >= 11 is 0. The van der Waals surface area contributed by atoms with Gasteiger partial charge in [0.1, 0.15) is 5.92 Å². The van der Waals surface area contributed by atoms with Gasteiger partial charge in [0.25, 0.3) is 0 Å². The van der Waals surface area contributed by atoms with Crippen molar-refractivity contribution in [3.8, 4) is 0 Å². The molecular formula is C13H24N2O4. The molecule has 1 saturated heterocycles. The summed E-state index contributed by atoms with van der Waals surface area (Å²) in [6.07, 6.45) is 1.78. The van der Waals surface area contributed by atoms with Crippen LogP contribution in [-0.4, -0.2) is 53.7 Å². The number of ether oxygens (including phenoxy) is 1. The third-order valence-electron chi connectivity index (χ3n) is 3.51. The van der Waals surface area contributed by atoms with E-state index in [9.17, 15) is 9.59 Å². The molecule has 1 amide bonds. The van der Waals surface area contributed by atoms with Crippen LogP contribution in [0.5, 0.6) is 0 Å². The number of hydrogen-bond acceptors (Lipinski definition) is 4. The number of hydrogen-bond donors (Lipinski definition) is 2. The number of nitrogens with two attached hydrogens (primary N) is 1. The van der Waals surface area contributed by atoms with Gasteiger partial charge in [0, 0.05) is 19.0 Å². The molecule has 3 atom stereocenters. The largest absolute Gasteiger partial charge is 0.481 e. The van der Waals surface area contributed by atoms with Gasteiger partial charge in [-0.15, -0.1) is 0 Å². The van der Waals surface area contributed by atoms with E-state index in [2.05, 4.69) is 0 Å². The molecule has 19 heavy (non-hydrogen) atoms. The van der Waals surface area contributed by atoms with Crippen molar-refractivity contribution in [3.05, 3.63) is 0 Å². The second kappa shape index (κ2) is 7.45. The Morgan fingerprint density at radius 2 is 2.11 bits per heavy atom. The fourth-order valence-corrected chi connectivity index (χ4v) is 2.29. The Kier molecular flexibility index (Phi) is 6.24. The fraction of sp³-hybridized carbons (Fsp3) is 0.846. The topological polar surface area (TPSA) is 92.9 Å². The Labute approximate surface area is 113 Å². The molecule has 0 aromatic rings. The van der Waals surface area contributed by atoms with Gasteiger partial charge in [0.05, 0.1) is 19.3 Å². The average Bonchev–Trinajstić information content (AvgIpc) is 2.84. The Morgan fingerprint density at radius 1 is 1.42 bits per heavy atom. The van der Waals surface area contributed by atoms with Gasteiger partial charge in [-0.3, -0.25) is 9.59 Å². The number of amides is 1. The molecule has 0 aliphatic carbocycles. The van der Waals surface area contributed by atoms with Crippen molar-refractivity contribution in [2.45, 2.75) is 45.2 Å². The summed E-state index contributed by atoms with van der Waals surface area (Å²) in [5, 5.41) is 9.17. The van der Waals surface area contributed by atoms with Gasteiger partial charge in [0.15, 0.2) is 0 Å². The van der Waals surface area contributed by atoms with E-state index >= 15 is 0 Å². The summed E-state index contributed by atoms with van der Waals surface area (Å²) in [6.45, 7) is 4.91. The van der Waals surface area contributed by atoms with E-state index in [1.54, 1.807) is 4.90 Å². The van der Waals surface area contributed by atoms with Gasteiger partial charge in [0.2, 0.25) is 5.91 Å². The van der Waals surface area contributed by atoms with Crippen molar-refractivity contribution < 1.29 is 19.4 Å². The van der Waals surface area contributed by atoms with E-state index in [1.165, 1.54) is 0 Å². The predicted molar refractivity (Wildman–Crippen MR) is 70.6 cm³/mol. The van der Waals surface area contributed by atoms with E-state index in [4.69, 9.17) is 15.6 Å². The maximum Gasteiger partial charge on any atom is 0.311 e. The third-order valence-corrected chi connectivity index (χ3v) is 3.51. The van der Waals surface area contributed by atoms with Gasteiger partial charge >= 0.3 is 5.97 Å². The lowest BCUT2D eigenvalue weighted by molar-refractivity contribution is -0.145. The molecule has 1 aliphatic heterocycles. The standard InChI is InChI=1S/C13H24N2O4/c1-3-5-15(12(16)6-9(14)4-2)11-8-19-7-10(11)13(17)18/h9-11H,3-8,14H2,1-2H3,(H,17,18). The molecule has 1 heterocycles. The highest BCUT2D eigenvalue weighted by molar-refractivity contribution is 5.79. The quantitative estimate of drug-likeness (QED) is 0.702. The molecule has 1 rings (SSSR count). The summed E-state index contributed by atoms with van der Waals surface area (Å²) in [5.74, 6) is -1.61. The van der Waals surface area contributed by atoms with Crippen LogP contribution in [0.1, 0.15) is 33.1 Å². The van der Waals surface area contributed by atoms with Crippen molar-refractivity contribution >= 4 is 11.9 Å². The minimum absolute atomic E-state index is 0.0713. The van der Waals surface area contributed by atoms with Crippen LogP contribution >= 0.6 is 0 Å². The minimum atomic E-state index is -0.906. The number of carbonyl (C=O) groups excluding carboxylic acids is 1. The summed E-state index contributed by atoms with van der Waals surface area (Å²) in [5.41, 5.74) is 5.81. The number of carbonyl (C=O) groups is 2. The molecule has 3 unspecified atom stereocenters. The molecule has 0 saturated carbocycles. The first-order valence-corrected chi connectivity index (χ1v) is 6.86. The highest BCUT2D eigenvalue weighted by atomic mass is 16.5. The molecular weight excluding hydrogens is 248 g/mol. The first-order valence-electron chi connectivity index (χ1n) is 6.86. The first kappa shape index (κ1) is 15.9. The molecule has 1 aliphatic rings. The normalized spacial score (nSPS) is 24.2. The average molecular weight is 272 g/mol. The van der Waals surface area contributed by atoms with Crippen LogP contribution < -0.4 is 5.73 Å². The van der Waals surface area contributed by atoms with Crippen molar-refractivity contribution in [3.63, 3.8) is 0 Å².